The SMILES string of the molecule is C[C@H]1CN([C@@H](C)CO)C(=O)Cc2cc(NC(=O)Nc3cccc4ccccc34)ccc2O[C@@H]1CN(C)C(=O)Nc1ccc(F)cc1. The van der Waals surface area contributed by atoms with Crippen molar-refractivity contribution in [3.63, 3.8) is 0 Å². The summed E-state index contributed by atoms with van der Waals surface area (Å²) in [5.41, 5.74) is 2.13. The molecule has 4 aromatic carbocycles. The molecule has 3 atom stereocenters. The van der Waals surface area contributed by atoms with Crippen LogP contribution in [0.4, 0.5) is 31.0 Å². The van der Waals surface area contributed by atoms with Crippen molar-refractivity contribution in [1.29, 1.82) is 0 Å². The second-order valence-corrected chi connectivity index (χ2v) is 11.6. The molecule has 0 saturated carbocycles. The number of halogens is 1. The fourth-order valence-corrected chi connectivity index (χ4v) is 5.45. The van der Waals surface area contributed by atoms with Crippen molar-refractivity contribution >= 4 is 45.8 Å². The first-order valence-corrected chi connectivity index (χ1v) is 15.1. The predicted molar refractivity (Wildman–Crippen MR) is 177 cm³/mol. The minimum atomic E-state index is -0.532. The van der Waals surface area contributed by atoms with Gasteiger partial charge in [0.25, 0.3) is 0 Å². The fraction of sp³-hybridized carbons (Fsp3) is 0.286. The number of hydrogen-bond acceptors (Lipinski definition) is 5. The summed E-state index contributed by atoms with van der Waals surface area (Å²) in [7, 11) is 1.63. The Balaban J connectivity index is 1.36. The summed E-state index contributed by atoms with van der Waals surface area (Å²) in [5, 5.41) is 20.3. The van der Waals surface area contributed by atoms with E-state index >= 15 is 0 Å². The molecule has 1 aliphatic heterocycles. The highest BCUT2D eigenvalue weighted by Gasteiger charge is 2.32. The van der Waals surface area contributed by atoms with Crippen LogP contribution >= 0.6 is 0 Å². The molecule has 240 valence electrons. The van der Waals surface area contributed by atoms with Gasteiger partial charge in [0.15, 0.2) is 0 Å². The zero-order chi connectivity index (χ0) is 32.8. The molecular formula is C35H38FN5O5. The van der Waals surface area contributed by atoms with Gasteiger partial charge in [-0.1, -0.05) is 43.3 Å². The number of benzene rings is 4. The van der Waals surface area contributed by atoms with E-state index < -0.39 is 30.0 Å². The number of nitrogens with zero attached hydrogens (tertiary/aromatic N) is 2. The van der Waals surface area contributed by atoms with Gasteiger partial charge in [0.2, 0.25) is 5.91 Å². The van der Waals surface area contributed by atoms with Crippen LogP contribution in [-0.4, -0.2) is 71.8 Å². The van der Waals surface area contributed by atoms with Crippen LogP contribution in [0.1, 0.15) is 19.4 Å². The van der Waals surface area contributed by atoms with E-state index in [2.05, 4.69) is 16.0 Å². The van der Waals surface area contributed by atoms with Crippen LogP contribution < -0.4 is 20.7 Å². The van der Waals surface area contributed by atoms with Crippen molar-refractivity contribution < 1.29 is 28.6 Å². The summed E-state index contributed by atoms with van der Waals surface area (Å²) in [6.07, 6.45) is -0.545. The highest BCUT2D eigenvalue weighted by Crippen LogP contribution is 2.30. The molecule has 11 heteroatoms. The molecule has 4 aromatic rings. The van der Waals surface area contributed by atoms with Crippen LogP contribution in [0.3, 0.4) is 0 Å². The third-order valence-corrected chi connectivity index (χ3v) is 8.11. The van der Waals surface area contributed by atoms with E-state index in [9.17, 15) is 23.9 Å². The van der Waals surface area contributed by atoms with E-state index in [-0.39, 0.29) is 31.4 Å². The van der Waals surface area contributed by atoms with Gasteiger partial charge in [0.1, 0.15) is 17.7 Å². The molecule has 1 aliphatic rings. The molecule has 0 unspecified atom stereocenters. The number of carbonyl (C=O) groups excluding carboxylic acids is 3. The Morgan fingerprint density at radius 2 is 1.72 bits per heavy atom. The Bertz CT molecular complexity index is 1710. The van der Waals surface area contributed by atoms with Crippen molar-refractivity contribution in [2.45, 2.75) is 32.4 Å². The quantitative estimate of drug-likeness (QED) is 0.202. The number of nitrogens with one attached hydrogen (secondary N) is 3. The van der Waals surface area contributed by atoms with Gasteiger partial charge in [-0.2, -0.15) is 0 Å². The Hall–Kier alpha value is -5.16. The highest BCUT2D eigenvalue weighted by molar-refractivity contribution is 6.06. The van der Waals surface area contributed by atoms with Gasteiger partial charge < -0.3 is 35.6 Å². The number of ether oxygens (including phenoxy) is 1. The minimum absolute atomic E-state index is 0.0134. The van der Waals surface area contributed by atoms with Crippen LogP contribution in [-0.2, 0) is 11.2 Å². The summed E-state index contributed by atoms with van der Waals surface area (Å²) in [5.74, 6) is -0.373. The van der Waals surface area contributed by atoms with Crippen molar-refractivity contribution in [3.8, 4) is 5.75 Å². The van der Waals surface area contributed by atoms with Crippen molar-refractivity contribution in [1.82, 2.24) is 9.80 Å². The number of amides is 5. The molecular weight excluding hydrogens is 589 g/mol. The number of fused-ring (bicyclic) bond motifs is 2. The zero-order valence-electron chi connectivity index (χ0n) is 26.0. The summed E-state index contributed by atoms with van der Waals surface area (Å²) >= 11 is 0. The van der Waals surface area contributed by atoms with Gasteiger partial charge in [-0.15, -0.1) is 0 Å². The monoisotopic (exact) mass is 627 g/mol. The molecule has 0 bridgehead atoms. The fourth-order valence-electron chi connectivity index (χ4n) is 5.45. The lowest BCUT2D eigenvalue weighted by molar-refractivity contribution is -0.134. The number of carbonyl (C=O) groups is 3. The first-order chi connectivity index (χ1) is 22.1. The molecule has 0 spiro atoms. The van der Waals surface area contributed by atoms with E-state index in [0.717, 1.165) is 10.8 Å². The second kappa shape index (κ2) is 14.3. The second-order valence-electron chi connectivity index (χ2n) is 11.6. The number of anilines is 3. The van der Waals surface area contributed by atoms with Gasteiger partial charge in [-0.3, -0.25) is 4.79 Å². The normalized spacial score (nSPS) is 17.1. The van der Waals surface area contributed by atoms with Gasteiger partial charge in [0, 0.05) is 41.8 Å². The maximum atomic E-state index is 13.6. The average molecular weight is 628 g/mol. The summed E-state index contributed by atoms with van der Waals surface area (Å²) in [6.45, 7) is 3.96. The number of aliphatic hydroxyl groups is 1. The molecule has 10 nitrogen and oxygen atoms in total. The summed E-state index contributed by atoms with van der Waals surface area (Å²) in [6, 6.07) is 22.7. The maximum absolute atomic E-state index is 13.6. The molecule has 46 heavy (non-hydrogen) atoms. The van der Waals surface area contributed by atoms with Crippen molar-refractivity contribution in [3.05, 3.63) is 96.3 Å². The van der Waals surface area contributed by atoms with E-state index in [1.807, 2.05) is 49.4 Å². The highest BCUT2D eigenvalue weighted by atomic mass is 19.1. The van der Waals surface area contributed by atoms with E-state index in [1.54, 1.807) is 37.1 Å². The molecule has 5 amide bonds. The average Bonchev–Trinajstić information content (AvgIpc) is 3.09. The molecule has 1 heterocycles. The van der Waals surface area contributed by atoms with Gasteiger partial charge >= 0.3 is 12.1 Å². The Labute approximate surface area is 267 Å². The van der Waals surface area contributed by atoms with Crippen LogP contribution in [0, 0.1) is 11.7 Å². The zero-order valence-corrected chi connectivity index (χ0v) is 26.0. The first kappa shape index (κ1) is 32.2. The summed E-state index contributed by atoms with van der Waals surface area (Å²) in [4.78, 5) is 42.7. The smallest absolute Gasteiger partial charge is 0.323 e. The first-order valence-electron chi connectivity index (χ1n) is 15.1. The molecule has 0 fully saturated rings. The van der Waals surface area contributed by atoms with Crippen LogP contribution in [0.25, 0.3) is 10.8 Å². The van der Waals surface area contributed by atoms with E-state index in [4.69, 9.17) is 4.74 Å². The van der Waals surface area contributed by atoms with Gasteiger partial charge in [-0.25, -0.2) is 14.0 Å². The Kier molecular flexibility index (Phi) is 10.0. The predicted octanol–water partition coefficient (Wildman–Crippen LogP) is 5.94. The van der Waals surface area contributed by atoms with E-state index in [0.29, 0.717) is 34.9 Å². The topological polar surface area (TPSA) is 123 Å². The largest absolute Gasteiger partial charge is 0.488 e. The van der Waals surface area contributed by atoms with Crippen molar-refractivity contribution in [2.75, 3.05) is 42.7 Å². The Morgan fingerprint density at radius 1 is 1.00 bits per heavy atom. The standard InChI is InChI=1S/C35H38FN5O5/c1-22-19-41(23(2)21-42)33(43)18-25-17-28(37-34(44)39-30-10-6-8-24-7-4-5-9-29(24)30)15-16-31(25)46-32(22)20-40(3)35(45)38-27-13-11-26(36)12-14-27/h4-17,22-23,32,42H,18-21H2,1-3H3,(H,38,45)(H2,37,39,44)/t22-,23-,32+/m0/s1. The third-order valence-electron chi connectivity index (χ3n) is 8.11. The number of hydrogen-bond donors (Lipinski definition) is 4. The lowest BCUT2D eigenvalue weighted by atomic mass is 10.0. The Morgan fingerprint density at radius 3 is 2.48 bits per heavy atom. The lowest BCUT2D eigenvalue weighted by Gasteiger charge is -2.34. The van der Waals surface area contributed by atoms with Crippen LogP contribution in [0.2, 0.25) is 0 Å². The van der Waals surface area contributed by atoms with Crippen molar-refractivity contribution in [2.24, 2.45) is 5.92 Å². The molecule has 0 aliphatic carbocycles. The summed E-state index contributed by atoms with van der Waals surface area (Å²) < 4.78 is 19.8. The van der Waals surface area contributed by atoms with E-state index in [1.165, 1.54) is 29.2 Å². The van der Waals surface area contributed by atoms with Crippen LogP contribution in [0.15, 0.2) is 84.9 Å². The number of aliphatic hydroxyl groups excluding tert-OH is 1. The molecule has 4 N–H and O–H groups in total. The molecule has 5 rings (SSSR count). The van der Waals surface area contributed by atoms with Crippen LogP contribution in [0.5, 0.6) is 5.75 Å². The molecule has 0 saturated heterocycles. The van der Waals surface area contributed by atoms with Gasteiger partial charge in [0.05, 0.1) is 31.3 Å². The lowest BCUT2D eigenvalue weighted by Crippen LogP contribution is -2.48. The molecule has 0 aromatic heterocycles. The van der Waals surface area contributed by atoms with Gasteiger partial charge in [-0.05, 0) is 60.8 Å². The minimum Gasteiger partial charge on any atom is -0.488 e. The number of rotatable bonds is 7. The third kappa shape index (κ3) is 7.73. The molecule has 0 radical (unpaired) electrons. The number of likely N-dealkylation sites (N-methyl/N-ethyl adjacent to an activating group) is 1. The number of urea groups is 2. The maximum Gasteiger partial charge on any atom is 0.323 e.